The molecule has 2 N–H and O–H groups in total. The third-order valence-corrected chi connectivity index (χ3v) is 2.44. The maximum absolute atomic E-state index is 11.5. The van der Waals surface area contributed by atoms with Crippen LogP contribution in [-0.4, -0.2) is 29.2 Å². The summed E-state index contributed by atoms with van der Waals surface area (Å²) in [6.07, 6.45) is 1.63. The highest BCUT2D eigenvalue weighted by Gasteiger charge is 2.37. The normalized spacial score (nSPS) is 23.1. The van der Waals surface area contributed by atoms with Gasteiger partial charge in [-0.15, -0.1) is 0 Å². The Morgan fingerprint density at radius 2 is 1.93 bits per heavy atom. The molecule has 0 aliphatic carbocycles. The SMILES string of the molecule is O=C1NC(=S)NC(=O)C1C1=NCCC1. The van der Waals surface area contributed by atoms with Crippen LogP contribution in [0.15, 0.2) is 4.99 Å². The molecule has 0 bridgehead atoms. The zero-order chi connectivity index (χ0) is 10.1. The number of thiocarbonyl (C=S) groups is 1. The molecule has 2 amide bonds. The van der Waals surface area contributed by atoms with Crippen LogP contribution in [0.1, 0.15) is 12.8 Å². The molecule has 74 valence electrons. The highest BCUT2D eigenvalue weighted by molar-refractivity contribution is 7.80. The molecular weight excluding hydrogens is 202 g/mol. The molecule has 2 rings (SSSR count). The maximum Gasteiger partial charge on any atom is 0.244 e. The van der Waals surface area contributed by atoms with E-state index < -0.39 is 5.92 Å². The molecule has 2 heterocycles. The average molecular weight is 211 g/mol. The summed E-state index contributed by atoms with van der Waals surface area (Å²) >= 11 is 4.68. The largest absolute Gasteiger partial charge is 0.302 e. The van der Waals surface area contributed by atoms with Crippen LogP contribution in [0.4, 0.5) is 0 Å². The van der Waals surface area contributed by atoms with Gasteiger partial charge in [0.2, 0.25) is 11.8 Å². The van der Waals surface area contributed by atoms with Gasteiger partial charge in [-0.1, -0.05) is 0 Å². The molecule has 2 aliphatic rings. The Bertz CT molecular complexity index is 330. The molecule has 2 aliphatic heterocycles. The van der Waals surface area contributed by atoms with Crippen LogP contribution in [0.5, 0.6) is 0 Å². The van der Waals surface area contributed by atoms with Crippen LogP contribution in [-0.2, 0) is 9.59 Å². The van der Waals surface area contributed by atoms with Crippen molar-refractivity contribution in [1.29, 1.82) is 0 Å². The summed E-state index contributed by atoms with van der Waals surface area (Å²) in [7, 11) is 0. The van der Waals surface area contributed by atoms with Crippen molar-refractivity contribution in [3.8, 4) is 0 Å². The highest BCUT2D eigenvalue weighted by Crippen LogP contribution is 2.14. The van der Waals surface area contributed by atoms with Gasteiger partial charge in [0.1, 0.15) is 0 Å². The van der Waals surface area contributed by atoms with E-state index in [1.54, 1.807) is 0 Å². The molecule has 0 radical (unpaired) electrons. The first-order chi connectivity index (χ1) is 6.68. The van der Waals surface area contributed by atoms with E-state index in [9.17, 15) is 9.59 Å². The van der Waals surface area contributed by atoms with E-state index in [1.807, 2.05) is 0 Å². The van der Waals surface area contributed by atoms with Crippen molar-refractivity contribution in [1.82, 2.24) is 10.6 Å². The second-order valence-electron chi connectivity index (χ2n) is 3.22. The number of nitrogens with zero attached hydrogens (tertiary/aromatic N) is 1. The van der Waals surface area contributed by atoms with Crippen LogP contribution >= 0.6 is 12.2 Å². The summed E-state index contributed by atoms with van der Waals surface area (Å²) in [6, 6.07) is 0. The lowest BCUT2D eigenvalue weighted by Gasteiger charge is -2.22. The Morgan fingerprint density at radius 1 is 1.29 bits per heavy atom. The number of hydrogen-bond donors (Lipinski definition) is 2. The first kappa shape index (κ1) is 9.26. The van der Waals surface area contributed by atoms with E-state index in [0.717, 1.165) is 12.8 Å². The fraction of sp³-hybridized carbons (Fsp3) is 0.500. The molecule has 0 atom stereocenters. The fourth-order valence-corrected chi connectivity index (χ4v) is 1.82. The van der Waals surface area contributed by atoms with Gasteiger partial charge in [0.05, 0.1) is 0 Å². The zero-order valence-corrected chi connectivity index (χ0v) is 8.19. The number of aliphatic imine (C=N–C) groups is 1. The molecule has 6 heteroatoms. The predicted molar refractivity (Wildman–Crippen MR) is 53.9 cm³/mol. The van der Waals surface area contributed by atoms with E-state index >= 15 is 0 Å². The molecule has 14 heavy (non-hydrogen) atoms. The Morgan fingerprint density at radius 3 is 2.43 bits per heavy atom. The van der Waals surface area contributed by atoms with Gasteiger partial charge in [0.15, 0.2) is 11.0 Å². The molecule has 0 spiro atoms. The second-order valence-corrected chi connectivity index (χ2v) is 3.63. The Labute approximate surface area is 86.0 Å². The number of amides is 2. The predicted octanol–water partition coefficient (Wildman–Crippen LogP) is -0.632. The van der Waals surface area contributed by atoms with E-state index in [0.29, 0.717) is 12.3 Å². The van der Waals surface area contributed by atoms with Crippen LogP contribution < -0.4 is 10.6 Å². The molecule has 0 aromatic heterocycles. The van der Waals surface area contributed by atoms with E-state index in [1.165, 1.54) is 0 Å². The van der Waals surface area contributed by atoms with Crippen LogP contribution in [0.25, 0.3) is 0 Å². The molecule has 0 saturated carbocycles. The maximum atomic E-state index is 11.5. The topological polar surface area (TPSA) is 70.6 Å². The van der Waals surface area contributed by atoms with Gasteiger partial charge in [-0.2, -0.15) is 0 Å². The van der Waals surface area contributed by atoms with Crippen molar-refractivity contribution in [3.05, 3.63) is 0 Å². The molecule has 0 aromatic carbocycles. The second kappa shape index (κ2) is 3.45. The first-order valence-electron chi connectivity index (χ1n) is 4.37. The van der Waals surface area contributed by atoms with Gasteiger partial charge in [-0.25, -0.2) is 0 Å². The number of carbonyl (C=O) groups is 2. The fourth-order valence-electron chi connectivity index (χ4n) is 1.62. The minimum Gasteiger partial charge on any atom is -0.302 e. The summed E-state index contributed by atoms with van der Waals surface area (Å²) in [4.78, 5) is 27.1. The highest BCUT2D eigenvalue weighted by atomic mass is 32.1. The average Bonchev–Trinajstić information content (AvgIpc) is 2.54. The van der Waals surface area contributed by atoms with Crippen molar-refractivity contribution in [3.63, 3.8) is 0 Å². The quantitative estimate of drug-likeness (QED) is 0.448. The Balaban J connectivity index is 2.21. The van der Waals surface area contributed by atoms with Crippen molar-refractivity contribution in [2.24, 2.45) is 10.9 Å². The minimum absolute atomic E-state index is 0.0786. The standard InChI is InChI=1S/C8H9N3O2S/c12-6-5(4-2-1-3-9-4)7(13)11-8(14)10-6/h5H,1-3H2,(H2,10,11,12,13,14). The summed E-state index contributed by atoms with van der Waals surface area (Å²) in [5.74, 6) is -1.50. The molecule has 1 fully saturated rings. The monoisotopic (exact) mass is 211 g/mol. The van der Waals surface area contributed by atoms with Crippen LogP contribution in [0.3, 0.4) is 0 Å². The third kappa shape index (κ3) is 1.52. The van der Waals surface area contributed by atoms with Crippen LogP contribution in [0, 0.1) is 5.92 Å². The molecule has 0 unspecified atom stereocenters. The molecule has 5 nitrogen and oxygen atoms in total. The van der Waals surface area contributed by atoms with E-state index in [4.69, 9.17) is 0 Å². The third-order valence-electron chi connectivity index (χ3n) is 2.24. The van der Waals surface area contributed by atoms with Gasteiger partial charge in [-0.05, 0) is 25.1 Å². The summed E-state index contributed by atoms with van der Waals surface area (Å²) in [5, 5.41) is 4.91. The van der Waals surface area contributed by atoms with Crippen molar-refractivity contribution in [2.75, 3.05) is 6.54 Å². The van der Waals surface area contributed by atoms with Gasteiger partial charge < -0.3 is 10.6 Å². The Kier molecular flexibility index (Phi) is 2.28. The number of carbonyl (C=O) groups excluding carboxylic acids is 2. The smallest absolute Gasteiger partial charge is 0.244 e. The van der Waals surface area contributed by atoms with Crippen LogP contribution in [0.2, 0.25) is 0 Å². The van der Waals surface area contributed by atoms with E-state index in [-0.39, 0.29) is 16.9 Å². The first-order valence-corrected chi connectivity index (χ1v) is 4.78. The Hall–Kier alpha value is -1.30. The van der Waals surface area contributed by atoms with Crippen molar-refractivity contribution >= 4 is 34.9 Å². The van der Waals surface area contributed by atoms with Gasteiger partial charge in [0, 0.05) is 12.3 Å². The van der Waals surface area contributed by atoms with Gasteiger partial charge in [-0.3, -0.25) is 14.6 Å². The lowest BCUT2D eigenvalue weighted by atomic mass is 9.98. The van der Waals surface area contributed by atoms with Crippen molar-refractivity contribution < 1.29 is 9.59 Å². The lowest BCUT2D eigenvalue weighted by molar-refractivity contribution is -0.132. The number of rotatable bonds is 1. The summed E-state index contributed by atoms with van der Waals surface area (Å²) in [6.45, 7) is 0.705. The van der Waals surface area contributed by atoms with E-state index in [2.05, 4.69) is 27.8 Å². The zero-order valence-electron chi connectivity index (χ0n) is 7.37. The summed E-state index contributed by atoms with van der Waals surface area (Å²) in [5.41, 5.74) is 0.669. The molecular formula is C8H9N3O2S. The lowest BCUT2D eigenvalue weighted by Crippen LogP contribution is -2.57. The summed E-state index contributed by atoms with van der Waals surface area (Å²) < 4.78 is 0. The molecule has 1 saturated heterocycles. The minimum atomic E-state index is -0.774. The van der Waals surface area contributed by atoms with Crippen molar-refractivity contribution in [2.45, 2.75) is 12.8 Å². The van der Waals surface area contributed by atoms with Gasteiger partial charge >= 0.3 is 0 Å². The number of hydrogen-bond acceptors (Lipinski definition) is 4. The molecule has 0 aromatic rings. The van der Waals surface area contributed by atoms with Gasteiger partial charge in [0.25, 0.3) is 0 Å². The number of nitrogens with one attached hydrogen (secondary N) is 2.